The van der Waals surface area contributed by atoms with Crippen molar-refractivity contribution in [1.82, 2.24) is 4.90 Å². The highest BCUT2D eigenvalue weighted by Gasteiger charge is 2.29. The number of nitrogens with zero attached hydrogens (tertiary/aromatic N) is 1. The molecule has 0 aromatic carbocycles. The van der Waals surface area contributed by atoms with Crippen LogP contribution in [0.25, 0.3) is 0 Å². The van der Waals surface area contributed by atoms with Crippen LogP contribution in [-0.2, 0) is 0 Å². The number of hydrogen-bond donors (Lipinski definition) is 1. The van der Waals surface area contributed by atoms with Gasteiger partial charge in [0.2, 0.25) is 0 Å². The average molecular weight is 259 g/mol. The summed E-state index contributed by atoms with van der Waals surface area (Å²) in [6.45, 7) is 5.38. The number of likely N-dealkylation sites (tertiary alicyclic amines) is 1. The second-order valence-corrected chi connectivity index (χ2v) is 4.55. The van der Waals surface area contributed by atoms with Crippen molar-refractivity contribution in [2.24, 2.45) is 11.7 Å². The molecule has 1 aliphatic rings. The van der Waals surface area contributed by atoms with E-state index < -0.39 is 0 Å². The van der Waals surface area contributed by atoms with Gasteiger partial charge in [-0.25, -0.2) is 0 Å². The van der Waals surface area contributed by atoms with Crippen molar-refractivity contribution in [2.75, 3.05) is 13.1 Å². The highest BCUT2D eigenvalue weighted by Crippen LogP contribution is 2.22. The number of aryl methyl sites for hydroxylation is 1. The first-order valence-corrected chi connectivity index (χ1v) is 5.68. The Labute approximate surface area is 108 Å². The Morgan fingerprint density at radius 2 is 2.35 bits per heavy atom. The molecule has 96 valence electrons. The molecule has 1 aromatic rings. The molecule has 0 spiro atoms. The van der Waals surface area contributed by atoms with Gasteiger partial charge in [0.05, 0.1) is 11.8 Å². The number of hydrogen-bond acceptors (Lipinski definition) is 3. The maximum Gasteiger partial charge on any atom is 0.257 e. The Hall–Kier alpha value is -1.00. The molecule has 4 nitrogen and oxygen atoms in total. The van der Waals surface area contributed by atoms with E-state index in [1.807, 2.05) is 18.7 Å². The molecule has 2 heterocycles. The van der Waals surface area contributed by atoms with E-state index in [1.54, 1.807) is 12.3 Å². The molecule has 17 heavy (non-hydrogen) atoms. The Balaban J connectivity index is 0.00000144. The zero-order chi connectivity index (χ0) is 11.7. The van der Waals surface area contributed by atoms with Crippen LogP contribution in [0.5, 0.6) is 0 Å². The van der Waals surface area contributed by atoms with Gasteiger partial charge in [-0.3, -0.25) is 4.79 Å². The third-order valence-corrected chi connectivity index (χ3v) is 3.34. The molecule has 0 aliphatic carbocycles. The van der Waals surface area contributed by atoms with Crippen molar-refractivity contribution in [2.45, 2.75) is 26.3 Å². The van der Waals surface area contributed by atoms with Gasteiger partial charge >= 0.3 is 0 Å². The normalized spacial score (nSPS) is 21.1. The molecule has 1 aromatic heterocycles. The number of carbonyl (C=O) groups excluding carboxylic acids is 1. The Morgan fingerprint density at radius 1 is 1.65 bits per heavy atom. The maximum atomic E-state index is 12.1. The van der Waals surface area contributed by atoms with E-state index >= 15 is 0 Å². The largest absolute Gasteiger partial charge is 0.469 e. The summed E-state index contributed by atoms with van der Waals surface area (Å²) < 4.78 is 5.15. The lowest BCUT2D eigenvalue weighted by Crippen LogP contribution is -2.33. The van der Waals surface area contributed by atoms with Gasteiger partial charge in [0, 0.05) is 19.1 Å². The lowest BCUT2D eigenvalue weighted by Gasteiger charge is -2.17. The zero-order valence-corrected chi connectivity index (χ0v) is 11.0. The molecule has 2 N–H and O–H groups in total. The summed E-state index contributed by atoms with van der Waals surface area (Å²) in [5, 5.41) is 0. The summed E-state index contributed by atoms with van der Waals surface area (Å²) in [4.78, 5) is 14.0. The van der Waals surface area contributed by atoms with E-state index in [4.69, 9.17) is 10.2 Å². The lowest BCUT2D eigenvalue weighted by molar-refractivity contribution is 0.0784. The minimum absolute atomic E-state index is 0. The van der Waals surface area contributed by atoms with Crippen LogP contribution in [0.1, 0.15) is 29.5 Å². The van der Waals surface area contributed by atoms with Crippen molar-refractivity contribution >= 4 is 18.3 Å². The first kappa shape index (κ1) is 14.1. The summed E-state index contributed by atoms with van der Waals surface area (Å²) in [7, 11) is 0. The van der Waals surface area contributed by atoms with Gasteiger partial charge in [0.1, 0.15) is 5.76 Å². The highest BCUT2D eigenvalue weighted by atomic mass is 35.5. The molecule has 5 heteroatoms. The van der Waals surface area contributed by atoms with Crippen molar-refractivity contribution in [3.63, 3.8) is 0 Å². The minimum atomic E-state index is 0. The van der Waals surface area contributed by atoms with Crippen LogP contribution >= 0.6 is 12.4 Å². The van der Waals surface area contributed by atoms with E-state index in [0.29, 0.717) is 17.2 Å². The fourth-order valence-electron chi connectivity index (χ4n) is 2.18. The molecule has 2 unspecified atom stereocenters. The van der Waals surface area contributed by atoms with Crippen LogP contribution in [0.4, 0.5) is 0 Å². The van der Waals surface area contributed by atoms with Crippen LogP contribution < -0.4 is 5.73 Å². The van der Waals surface area contributed by atoms with Crippen LogP contribution in [-0.4, -0.2) is 29.9 Å². The molecule has 2 atom stereocenters. The molecule has 0 bridgehead atoms. The van der Waals surface area contributed by atoms with Crippen LogP contribution in [0, 0.1) is 12.8 Å². The van der Waals surface area contributed by atoms with Crippen LogP contribution in [0.2, 0.25) is 0 Å². The molecule has 0 radical (unpaired) electrons. The Bertz CT molecular complexity index is 390. The van der Waals surface area contributed by atoms with Crippen molar-refractivity contribution in [3.05, 3.63) is 23.7 Å². The van der Waals surface area contributed by atoms with Gasteiger partial charge in [-0.15, -0.1) is 12.4 Å². The summed E-state index contributed by atoms with van der Waals surface area (Å²) >= 11 is 0. The molecular formula is C12H19ClN2O2. The maximum absolute atomic E-state index is 12.1. The first-order chi connectivity index (χ1) is 7.59. The Kier molecular flexibility index (Phi) is 4.60. The monoisotopic (exact) mass is 258 g/mol. The summed E-state index contributed by atoms with van der Waals surface area (Å²) in [6.07, 6.45) is 2.56. The van der Waals surface area contributed by atoms with Crippen molar-refractivity contribution in [1.29, 1.82) is 0 Å². The number of rotatable bonds is 2. The molecule has 1 amide bonds. The molecule has 1 aliphatic heterocycles. The summed E-state index contributed by atoms with van der Waals surface area (Å²) in [6, 6.07) is 1.89. The van der Waals surface area contributed by atoms with Gasteiger partial charge in [-0.2, -0.15) is 0 Å². The molecular weight excluding hydrogens is 240 g/mol. The van der Waals surface area contributed by atoms with Gasteiger partial charge in [0.25, 0.3) is 5.91 Å². The van der Waals surface area contributed by atoms with E-state index in [9.17, 15) is 4.79 Å². The van der Waals surface area contributed by atoms with Crippen molar-refractivity contribution < 1.29 is 9.21 Å². The minimum Gasteiger partial charge on any atom is -0.469 e. The van der Waals surface area contributed by atoms with Gasteiger partial charge in [-0.1, -0.05) is 0 Å². The third-order valence-electron chi connectivity index (χ3n) is 3.34. The van der Waals surface area contributed by atoms with Crippen LogP contribution in [0.15, 0.2) is 16.7 Å². The van der Waals surface area contributed by atoms with E-state index in [0.717, 1.165) is 19.5 Å². The molecule has 1 saturated heterocycles. The topological polar surface area (TPSA) is 59.5 Å². The van der Waals surface area contributed by atoms with Gasteiger partial charge in [0.15, 0.2) is 0 Å². The van der Waals surface area contributed by atoms with Crippen molar-refractivity contribution in [3.8, 4) is 0 Å². The zero-order valence-electron chi connectivity index (χ0n) is 10.2. The fraction of sp³-hybridized carbons (Fsp3) is 0.583. The smallest absolute Gasteiger partial charge is 0.257 e. The van der Waals surface area contributed by atoms with Gasteiger partial charge in [-0.05, 0) is 32.3 Å². The van der Waals surface area contributed by atoms with Gasteiger partial charge < -0.3 is 15.1 Å². The summed E-state index contributed by atoms with van der Waals surface area (Å²) in [5.74, 6) is 1.18. The molecule has 0 saturated carbocycles. The number of carbonyl (C=O) groups is 1. The standard InChI is InChI=1S/C12H18N2O2.ClH/c1-8(13)10-3-5-14(7-10)12(15)11-4-6-16-9(11)2;/h4,6,8,10H,3,5,7,13H2,1-2H3;1H. The fourth-order valence-corrected chi connectivity index (χ4v) is 2.18. The second kappa shape index (κ2) is 5.56. The highest BCUT2D eigenvalue weighted by molar-refractivity contribution is 5.95. The average Bonchev–Trinajstić information content (AvgIpc) is 2.84. The van der Waals surface area contributed by atoms with Crippen LogP contribution in [0.3, 0.4) is 0 Å². The predicted octanol–water partition coefficient (Wildman–Crippen LogP) is 1.82. The third kappa shape index (κ3) is 2.82. The quantitative estimate of drug-likeness (QED) is 0.880. The molecule has 2 rings (SSSR count). The van der Waals surface area contributed by atoms with E-state index in [2.05, 4.69) is 0 Å². The number of nitrogens with two attached hydrogens (primary N) is 1. The summed E-state index contributed by atoms with van der Waals surface area (Å²) in [5.41, 5.74) is 6.52. The predicted molar refractivity (Wildman–Crippen MR) is 68.4 cm³/mol. The first-order valence-electron chi connectivity index (χ1n) is 5.68. The molecule has 1 fully saturated rings. The number of furan rings is 1. The Morgan fingerprint density at radius 3 is 2.82 bits per heavy atom. The lowest BCUT2D eigenvalue weighted by atomic mass is 10.0. The second-order valence-electron chi connectivity index (χ2n) is 4.55. The number of halogens is 1. The number of amides is 1. The van der Waals surface area contributed by atoms with E-state index in [-0.39, 0.29) is 24.4 Å². The SMILES string of the molecule is Cc1occc1C(=O)N1CCC(C(C)N)C1.Cl. The van der Waals surface area contributed by atoms with E-state index in [1.165, 1.54) is 0 Å².